The fraction of sp³-hybridized carbons (Fsp3) is 0. The van der Waals surface area contributed by atoms with Crippen molar-refractivity contribution >= 4 is 39.4 Å². The maximum atomic E-state index is 13.6. The van der Waals surface area contributed by atoms with Gasteiger partial charge in [-0.05, 0) is 29.8 Å². The van der Waals surface area contributed by atoms with Crippen LogP contribution in [0.2, 0.25) is 0 Å². The largest absolute Gasteiger partial charge is 0.327 e. The van der Waals surface area contributed by atoms with Crippen molar-refractivity contribution in [3.8, 4) is 5.69 Å². The normalized spacial score (nSPS) is 11.8. The highest BCUT2D eigenvalue weighted by atomic mass is 16.1. The number of hydrogen-bond donors (Lipinski definition) is 0. The van der Waals surface area contributed by atoms with Gasteiger partial charge in [0.1, 0.15) is 11.2 Å². The standard InChI is InChI=1S/C25H16N6O/c32-25-21-22-24(29-20-14-8-7-13-19(20)28-22)31(27-15-17-9-3-1-4-10-17)23(21)26-16-30(25)18-11-5-2-6-12-18/h1-16H/p+1. The van der Waals surface area contributed by atoms with Gasteiger partial charge in [-0.15, -0.1) is 9.78 Å². The topological polar surface area (TPSA) is 79.2 Å². The van der Waals surface area contributed by atoms with Crippen molar-refractivity contribution in [3.63, 3.8) is 0 Å². The Morgan fingerprint density at radius 2 is 1.47 bits per heavy atom. The molecule has 0 bridgehead atoms. The summed E-state index contributed by atoms with van der Waals surface area (Å²) in [5.41, 5.74) is 4.54. The highest BCUT2D eigenvalue weighted by Gasteiger charge is 2.25. The summed E-state index contributed by atoms with van der Waals surface area (Å²) in [5, 5.41) is 5.09. The predicted octanol–water partition coefficient (Wildman–Crippen LogP) is 3.58. The van der Waals surface area contributed by atoms with Crippen molar-refractivity contribution in [2.24, 2.45) is 5.10 Å². The molecule has 0 saturated carbocycles. The smallest absolute Gasteiger partial charge is 0.250 e. The summed E-state index contributed by atoms with van der Waals surface area (Å²) >= 11 is 0. The lowest BCUT2D eigenvalue weighted by Crippen LogP contribution is -2.25. The van der Waals surface area contributed by atoms with Crippen molar-refractivity contribution in [2.75, 3.05) is 0 Å². The Bertz CT molecular complexity index is 1680. The van der Waals surface area contributed by atoms with Gasteiger partial charge in [0.25, 0.3) is 5.65 Å². The third-order valence-electron chi connectivity index (χ3n) is 5.36. The number of rotatable bonds is 3. The summed E-state index contributed by atoms with van der Waals surface area (Å²) in [5.74, 6) is 0. The molecule has 7 heteroatoms. The molecule has 7 nitrogen and oxygen atoms in total. The van der Waals surface area contributed by atoms with Crippen molar-refractivity contribution in [1.82, 2.24) is 19.2 Å². The van der Waals surface area contributed by atoms with Crippen LogP contribution in [0.1, 0.15) is 5.56 Å². The zero-order chi connectivity index (χ0) is 21.5. The molecule has 0 radical (unpaired) electrons. The molecule has 3 aromatic heterocycles. The summed E-state index contributed by atoms with van der Waals surface area (Å²) in [7, 11) is 0. The molecule has 0 atom stereocenters. The second kappa shape index (κ2) is 7.24. The molecule has 0 saturated heterocycles. The minimum absolute atomic E-state index is 0.187. The molecule has 1 N–H and O–H groups in total. The maximum Gasteiger partial charge on any atom is 0.327 e. The van der Waals surface area contributed by atoms with Crippen LogP contribution in [0.25, 0.3) is 38.9 Å². The fourth-order valence-corrected chi connectivity index (χ4v) is 3.83. The van der Waals surface area contributed by atoms with E-state index in [4.69, 9.17) is 9.97 Å². The molecule has 3 aromatic carbocycles. The zero-order valence-corrected chi connectivity index (χ0v) is 16.9. The first-order valence-corrected chi connectivity index (χ1v) is 10.2. The Morgan fingerprint density at radius 1 is 0.812 bits per heavy atom. The third-order valence-corrected chi connectivity index (χ3v) is 5.36. The summed E-state index contributed by atoms with van der Waals surface area (Å²) in [6.45, 7) is 0. The summed E-state index contributed by atoms with van der Waals surface area (Å²) in [6, 6.07) is 26.9. The van der Waals surface area contributed by atoms with E-state index in [9.17, 15) is 4.79 Å². The van der Waals surface area contributed by atoms with E-state index in [-0.39, 0.29) is 5.56 Å². The van der Waals surface area contributed by atoms with Crippen molar-refractivity contribution < 1.29 is 4.98 Å². The van der Waals surface area contributed by atoms with E-state index < -0.39 is 0 Å². The molecule has 3 heterocycles. The van der Waals surface area contributed by atoms with Gasteiger partial charge in [-0.1, -0.05) is 60.7 Å². The SMILES string of the molecule is O=c1c2c3nc4ccccc4nc3n(N=Cc3ccccc3)c2[nH+]cn1-c1ccccc1. The van der Waals surface area contributed by atoms with Crippen LogP contribution in [0.5, 0.6) is 0 Å². The van der Waals surface area contributed by atoms with Gasteiger partial charge in [-0.2, -0.15) is 4.57 Å². The van der Waals surface area contributed by atoms with Gasteiger partial charge >= 0.3 is 5.56 Å². The molecule has 32 heavy (non-hydrogen) atoms. The molecule has 0 aliphatic heterocycles. The first-order chi connectivity index (χ1) is 15.8. The number of aromatic nitrogens is 5. The molecule has 0 fully saturated rings. The maximum absolute atomic E-state index is 13.6. The lowest BCUT2D eigenvalue weighted by atomic mass is 10.2. The molecule has 0 unspecified atom stereocenters. The van der Waals surface area contributed by atoms with Gasteiger partial charge in [0.2, 0.25) is 5.65 Å². The number of aromatic amines is 1. The monoisotopic (exact) mass is 417 g/mol. The predicted molar refractivity (Wildman–Crippen MR) is 124 cm³/mol. The number of hydrogen-bond acceptors (Lipinski definition) is 4. The Kier molecular flexibility index (Phi) is 4.11. The summed E-state index contributed by atoms with van der Waals surface area (Å²) < 4.78 is 3.22. The third kappa shape index (κ3) is 2.87. The number of H-pyrrole nitrogens is 1. The quantitative estimate of drug-likeness (QED) is 0.413. The molecule has 152 valence electrons. The van der Waals surface area contributed by atoms with Crippen molar-refractivity contribution in [1.29, 1.82) is 0 Å². The number of fused-ring (bicyclic) bond motifs is 4. The van der Waals surface area contributed by atoms with Gasteiger partial charge < -0.3 is 0 Å². The average Bonchev–Trinajstić information content (AvgIpc) is 3.16. The van der Waals surface area contributed by atoms with E-state index in [1.165, 1.54) is 0 Å². The van der Waals surface area contributed by atoms with Gasteiger partial charge in [0.15, 0.2) is 11.7 Å². The van der Waals surface area contributed by atoms with Gasteiger partial charge in [0, 0.05) is 0 Å². The molecule has 6 aromatic rings. The second-order valence-electron chi connectivity index (χ2n) is 7.36. The van der Waals surface area contributed by atoms with E-state index in [2.05, 4.69) is 10.1 Å². The first kappa shape index (κ1) is 18.1. The Balaban J connectivity index is 1.70. The molecule has 0 spiro atoms. The van der Waals surface area contributed by atoms with Gasteiger partial charge in [0.05, 0.1) is 17.2 Å². The Morgan fingerprint density at radius 3 is 2.22 bits per heavy atom. The van der Waals surface area contributed by atoms with Crippen LogP contribution in [0.3, 0.4) is 0 Å². The Labute approximate surface area is 181 Å². The molecule has 0 amide bonds. The lowest BCUT2D eigenvalue weighted by molar-refractivity contribution is -0.356. The number of para-hydroxylation sites is 3. The van der Waals surface area contributed by atoms with E-state index in [1.54, 1.807) is 21.8 Å². The second-order valence-corrected chi connectivity index (χ2v) is 7.36. The minimum Gasteiger partial charge on any atom is -0.250 e. The van der Waals surface area contributed by atoms with Crippen LogP contribution in [0.4, 0.5) is 0 Å². The summed E-state index contributed by atoms with van der Waals surface area (Å²) in [6.07, 6.45) is 3.39. The fourth-order valence-electron chi connectivity index (χ4n) is 3.83. The van der Waals surface area contributed by atoms with Crippen LogP contribution in [0.15, 0.2) is 101 Å². The molecule has 0 aliphatic rings. The van der Waals surface area contributed by atoms with Gasteiger partial charge in [-0.3, -0.25) is 0 Å². The van der Waals surface area contributed by atoms with E-state index in [0.29, 0.717) is 22.2 Å². The minimum atomic E-state index is -0.187. The van der Waals surface area contributed by atoms with E-state index >= 15 is 0 Å². The zero-order valence-electron chi connectivity index (χ0n) is 16.9. The van der Waals surface area contributed by atoms with E-state index in [1.807, 2.05) is 84.9 Å². The average molecular weight is 417 g/mol. The van der Waals surface area contributed by atoms with Gasteiger partial charge in [-0.25, -0.2) is 19.7 Å². The number of nitrogens with one attached hydrogen (secondary N) is 1. The number of nitrogens with zero attached hydrogens (tertiary/aromatic N) is 5. The summed E-state index contributed by atoms with van der Waals surface area (Å²) in [4.78, 5) is 26.4. The lowest BCUT2D eigenvalue weighted by Gasteiger charge is -1.99. The van der Waals surface area contributed by atoms with Crippen LogP contribution in [-0.2, 0) is 0 Å². The number of benzene rings is 3. The van der Waals surface area contributed by atoms with Crippen LogP contribution >= 0.6 is 0 Å². The van der Waals surface area contributed by atoms with Crippen molar-refractivity contribution in [2.45, 2.75) is 0 Å². The van der Waals surface area contributed by atoms with Crippen molar-refractivity contribution in [3.05, 3.63) is 107 Å². The van der Waals surface area contributed by atoms with Crippen LogP contribution < -0.4 is 10.5 Å². The Hall–Kier alpha value is -4.65. The molecular formula is C25H17N6O+. The van der Waals surface area contributed by atoms with E-state index in [0.717, 1.165) is 22.3 Å². The highest BCUT2D eigenvalue weighted by Crippen LogP contribution is 2.24. The van der Waals surface area contributed by atoms with Crippen LogP contribution in [0, 0.1) is 0 Å². The first-order valence-electron chi connectivity index (χ1n) is 10.2. The highest BCUT2D eigenvalue weighted by molar-refractivity contribution is 6.03. The molecule has 6 rings (SSSR count). The molecule has 0 aliphatic carbocycles. The van der Waals surface area contributed by atoms with Crippen LogP contribution in [-0.4, -0.2) is 25.4 Å². The molecular weight excluding hydrogens is 400 g/mol.